The Morgan fingerprint density at radius 3 is 2.17 bits per heavy atom. The van der Waals surface area contributed by atoms with E-state index < -0.39 is 63.7 Å². The van der Waals surface area contributed by atoms with Gasteiger partial charge < -0.3 is 39.3 Å². The smallest absolute Gasteiger partial charge is 0.462 e. The van der Waals surface area contributed by atoms with Crippen LogP contribution in [-0.2, 0) is 32.9 Å². The molecule has 1 unspecified atom stereocenters. The second-order valence-corrected chi connectivity index (χ2v) is 15.0. The molecule has 5 N–H and O–H groups in total. The molecule has 6 atom stereocenters. The second-order valence-electron chi connectivity index (χ2n) is 13.8. The highest BCUT2D eigenvalue weighted by molar-refractivity contribution is 7.46. The summed E-state index contributed by atoms with van der Waals surface area (Å²) >= 11 is 0. The summed E-state index contributed by atoms with van der Waals surface area (Å²) in [7, 11) is -4.83. The van der Waals surface area contributed by atoms with Crippen LogP contribution in [0.4, 0.5) is 0 Å². The topological polar surface area (TPSA) is 189 Å². The summed E-state index contributed by atoms with van der Waals surface area (Å²) in [6.07, 6.45) is 29.9. The number of esters is 2. The molecule has 0 saturated carbocycles. The SMILES string of the molecule is CC/C=C\C/C=C\C/C=C\CCCCCCCC(=O)O[C@H](COC(=O)CCC/C=C\C[C@H]1[C@@H](O)CC(O)O[C@@H]1/C=C/[C@@H](O)CCCCC)COP(=O)(O)O. The van der Waals surface area contributed by atoms with E-state index in [2.05, 4.69) is 54.8 Å². The van der Waals surface area contributed by atoms with Gasteiger partial charge in [-0.05, 0) is 64.2 Å². The van der Waals surface area contributed by atoms with Crippen molar-refractivity contribution in [3.63, 3.8) is 0 Å². The summed E-state index contributed by atoms with van der Waals surface area (Å²) in [6, 6.07) is 0. The molecule has 0 aliphatic carbocycles. The van der Waals surface area contributed by atoms with Crippen molar-refractivity contribution in [2.75, 3.05) is 13.2 Å². The zero-order valence-electron chi connectivity index (χ0n) is 32.6. The van der Waals surface area contributed by atoms with E-state index in [0.717, 1.165) is 70.6 Å². The minimum Gasteiger partial charge on any atom is -0.462 e. The van der Waals surface area contributed by atoms with Crippen molar-refractivity contribution in [2.24, 2.45) is 5.92 Å². The van der Waals surface area contributed by atoms with E-state index in [-0.39, 0.29) is 25.2 Å². The third-order valence-corrected chi connectivity index (χ3v) is 9.30. The van der Waals surface area contributed by atoms with Crippen molar-refractivity contribution in [1.29, 1.82) is 0 Å². The van der Waals surface area contributed by atoms with Crippen LogP contribution in [0.3, 0.4) is 0 Å². The minimum absolute atomic E-state index is 0.0662. The van der Waals surface area contributed by atoms with Gasteiger partial charge in [0.1, 0.15) is 6.61 Å². The highest BCUT2D eigenvalue weighted by Crippen LogP contribution is 2.36. The molecular weight excluding hydrogens is 715 g/mol. The average molecular weight is 785 g/mol. The summed E-state index contributed by atoms with van der Waals surface area (Å²) in [4.78, 5) is 43.0. The lowest BCUT2D eigenvalue weighted by molar-refractivity contribution is -0.199. The first-order chi connectivity index (χ1) is 25.9. The van der Waals surface area contributed by atoms with Gasteiger partial charge in [-0.15, -0.1) is 0 Å². The van der Waals surface area contributed by atoms with E-state index in [9.17, 15) is 29.5 Å². The lowest BCUT2D eigenvalue weighted by atomic mass is 9.87. The molecule has 1 heterocycles. The monoisotopic (exact) mass is 784 g/mol. The molecule has 1 rings (SSSR count). The predicted octanol–water partition coefficient (Wildman–Crippen LogP) is 7.84. The number of aliphatic hydroxyl groups excluding tert-OH is 3. The van der Waals surface area contributed by atoms with Crippen LogP contribution in [0.15, 0.2) is 60.8 Å². The van der Waals surface area contributed by atoms with Crippen LogP contribution in [0.5, 0.6) is 0 Å². The van der Waals surface area contributed by atoms with Crippen molar-refractivity contribution in [2.45, 2.75) is 167 Å². The van der Waals surface area contributed by atoms with Crippen molar-refractivity contribution >= 4 is 19.8 Å². The summed E-state index contributed by atoms with van der Waals surface area (Å²) in [5.41, 5.74) is 0. The maximum Gasteiger partial charge on any atom is 0.469 e. The van der Waals surface area contributed by atoms with Gasteiger partial charge in [0.15, 0.2) is 12.4 Å². The Bertz CT molecular complexity index is 1180. The Hall–Kier alpha value is -2.41. The molecule has 0 aromatic carbocycles. The molecule has 1 aliphatic heterocycles. The van der Waals surface area contributed by atoms with Crippen molar-refractivity contribution in [3.05, 3.63) is 60.8 Å². The largest absolute Gasteiger partial charge is 0.469 e. The standard InChI is InChI=1S/C41H69O12P/c1-3-5-7-8-9-10-11-12-13-14-15-16-17-18-24-28-40(45)52-35(33-51-54(47,48)49)32-50-39(44)27-23-20-19-22-26-36-37(43)31-41(46)53-38(36)30-29-34(42)25-21-6-4-2/h5,7,9-10,12-13,19,22,29-30,34-38,41-43,46H,3-4,6,8,11,14-18,20-21,23-28,31-33H2,1-2H3,(H2,47,48,49)/b7-5-,10-9-,13-12-,22-19-,30-29+/t34-,35+,36-,37-,38+,41?/m0/s1. The Balaban J connectivity index is 2.37. The fourth-order valence-corrected chi connectivity index (χ4v) is 6.14. The maximum absolute atomic E-state index is 12.4. The van der Waals surface area contributed by atoms with Crippen LogP contribution in [0.25, 0.3) is 0 Å². The van der Waals surface area contributed by atoms with E-state index >= 15 is 0 Å². The van der Waals surface area contributed by atoms with E-state index in [4.69, 9.17) is 24.0 Å². The number of phosphoric acid groups is 1. The molecule has 0 aromatic rings. The molecule has 0 spiro atoms. The molecular formula is C41H69O12P. The molecule has 0 bridgehead atoms. The fraction of sp³-hybridized carbons (Fsp3) is 0.707. The van der Waals surface area contributed by atoms with Gasteiger partial charge in [-0.2, -0.15) is 0 Å². The number of allylic oxidation sites excluding steroid dienone is 8. The number of rotatable bonds is 31. The van der Waals surface area contributed by atoms with Crippen LogP contribution < -0.4 is 0 Å². The Morgan fingerprint density at radius 2 is 1.44 bits per heavy atom. The number of hydrogen-bond donors (Lipinski definition) is 5. The number of unbranched alkanes of at least 4 members (excludes halogenated alkanes) is 8. The Kier molecular flexibility index (Phi) is 29.2. The quantitative estimate of drug-likeness (QED) is 0.0199. The van der Waals surface area contributed by atoms with Gasteiger partial charge in [0.25, 0.3) is 0 Å². The molecule has 1 saturated heterocycles. The third-order valence-electron chi connectivity index (χ3n) is 8.82. The van der Waals surface area contributed by atoms with Crippen LogP contribution in [0.2, 0.25) is 0 Å². The number of carbonyl (C=O) groups excluding carboxylic acids is 2. The lowest BCUT2D eigenvalue weighted by Gasteiger charge is -2.36. The second kappa shape index (κ2) is 31.8. The van der Waals surface area contributed by atoms with Crippen LogP contribution in [-0.4, -0.2) is 81.0 Å². The van der Waals surface area contributed by atoms with E-state index in [1.807, 2.05) is 12.2 Å². The molecule has 1 fully saturated rings. The molecule has 54 heavy (non-hydrogen) atoms. The van der Waals surface area contributed by atoms with Crippen molar-refractivity contribution in [1.82, 2.24) is 0 Å². The fourth-order valence-electron chi connectivity index (χ4n) is 5.78. The number of carbonyl (C=O) groups is 2. The zero-order valence-corrected chi connectivity index (χ0v) is 33.5. The molecule has 0 amide bonds. The molecule has 0 aromatic heterocycles. The molecule has 310 valence electrons. The molecule has 13 heteroatoms. The molecule has 0 radical (unpaired) electrons. The first kappa shape index (κ1) is 49.6. The molecule has 12 nitrogen and oxygen atoms in total. The first-order valence-electron chi connectivity index (χ1n) is 20.0. The lowest BCUT2D eigenvalue weighted by Crippen LogP contribution is -2.43. The molecule has 1 aliphatic rings. The van der Waals surface area contributed by atoms with Crippen LogP contribution >= 0.6 is 7.82 Å². The number of phosphoric ester groups is 1. The Labute approximate surface area is 323 Å². The summed E-state index contributed by atoms with van der Waals surface area (Å²) in [6.45, 7) is 3.20. The van der Waals surface area contributed by atoms with Crippen molar-refractivity contribution < 1.29 is 58.0 Å². The predicted molar refractivity (Wildman–Crippen MR) is 210 cm³/mol. The maximum atomic E-state index is 12.4. The third kappa shape index (κ3) is 28.1. The van der Waals surface area contributed by atoms with Gasteiger partial charge in [0.2, 0.25) is 0 Å². The summed E-state index contributed by atoms with van der Waals surface area (Å²) in [5.74, 6) is -1.42. The number of ether oxygens (including phenoxy) is 3. The van der Waals surface area contributed by atoms with E-state index in [1.165, 1.54) is 0 Å². The summed E-state index contributed by atoms with van der Waals surface area (Å²) < 4.78 is 31.9. The van der Waals surface area contributed by atoms with Gasteiger partial charge in [-0.3, -0.25) is 14.1 Å². The highest BCUT2D eigenvalue weighted by Gasteiger charge is 2.35. The normalized spacial score (nSPS) is 20.9. The van der Waals surface area contributed by atoms with Crippen molar-refractivity contribution in [3.8, 4) is 0 Å². The van der Waals surface area contributed by atoms with Gasteiger partial charge in [0.05, 0.1) is 24.9 Å². The van der Waals surface area contributed by atoms with Gasteiger partial charge in [-0.1, -0.05) is 113 Å². The minimum atomic E-state index is -4.83. The van der Waals surface area contributed by atoms with E-state index in [0.29, 0.717) is 32.1 Å². The van der Waals surface area contributed by atoms with Crippen LogP contribution in [0, 0.1) is 5.92 Å². The number of aliphatic hydroxyl groups is 3. The van der Waals surface area contributed by atoms with Gasteiger partial charge >= 0.3 is 19.8 Å². The van der Waals surface area contributed by atoms with Gasteiger partial charge in [0, 0.05) is 25.2 Å². The van der Waals surface area contributed by atoms with Crippen LogP contribution in [0.1, 0.15) is 136 Å². The summed E-state index contributed by atoms with van der Waals surface area (Å²) in [5, 5.41) is 30.8. The highest BCUT2D eigenvalue weighted by atomic mass is 31.2. The van der Waals surface area contributed by atoms with E-state index in [1.54, 1.807) is 12.2 Å². The average Bonchev–Trinajstić information content (AvgIpc) is 3.12. The number of hydrogen-bond acceptors (Lipinski definition) is 10. The van der Waals surface area contributed by atoms with Gasteiger partial charge in [-0.25, -0.2) is 4.57 Å². The first-order valence-corrected chi connectivity index (χ1v) is 21.5. The zero-order chi connectivity index (χ0) is 39.9. The Morgan fingerprint density at radius 1 is 0.796 bits per heavy atom.